The Morgan fingerprint density at radius 3 is 2.58 bits per heavy atom. The van der Waals surface area contributed by atoms with Crippen LogP contribution >= 0.6 is 0 Å². The molecule has 2 amide bonds. The molecular formula is C18H24N2O4. The van der Waals surface area contributed by atoms with Gasteiger partial charge in [0.15, 0.2) is 0 Å². The van der Waals surface area contributed by atoms with Crippen LogP contribution in [0.25, 0.3) is 0 Å². The number of hydrogen-bond donors (Lipinski definition) is 1. The van der Waals surface area contributed by atoms with E-state index >= 15 is 0 Å². The molecule has 130 valence electrons. The molecule has 2 aliphatic rings. The van der Waals surface area contributed by atoms with E-state index in [0.717, 1.165) is 24.2 Å². The summed E-state index contributed by atoms with van der Waals surface area (Å²) in [7, 11) is 0. The second-order valence-electron chi connectivity index (χ2n) is 6.13. The van der Waals surface area contributed by atoms with Crippen molar-refractivity contribution < 1.29 is 19.1 Å². The molecule has 2 heterocycles. The molecule has 2 fully saturated rings. The van der Waals surface area contributed by atoms with Crippen LogP contribution in [0, 0.1) is 0 Å². The van der Waals surface area contributed by atoms with Gasteiger partial charge in [-0.15, -0.1) is 0 Å². The molecule has 0 aliphatic carbocycles. The van der Waals surface area contributed by atoms with Gasteiger partial charge in [-0.3, -0.25) is 9.59 Å². The number of carbonyl (C=O) groups excluding carboxylic acids is 2. The summed E-state index contributed by atoms with van der Waals surface area (Å²) in [6.45, 7) is 4.33. The van der Waals surface area contributed by atoms with Crippen LogP contribution in [-0.2, 0) is 14.3 Å². The molecule has 0 saturated carbocycles. The average Bonchev–Trinajstić information content (AvgIpc) is 2.76. The first-order valence-corrected chi connectivity index (χ1v) is 8.59. The maximum atomic E-state index is 13.0. The van der Waals surface area contributed by atoms with Crippen molar-refractivity contribution in [2.75, 3.05) is 26.4 Å². The molecule has 24 heavy (non-hydrogen) atoms. The lowest BCUT2D eigenvalue weighted by molar-refractivity contribution is -0.137. The summed E-state index contributed by atoms with van der Waals surface area (Å²) in [5, 5.41) is 2.86. The third-order valence-electron chi connectivity index (χ3n) is 4.57. The van der Waals surface area contributed by atoms with Crippen LogP contribution in [0.4, 0.5) is 0 Å². The quantitative estimate of drug-likeness (QED) is 0.910. The Bertz CT molecular complexity index is 581. The SMILES string of the molecule is CCOc1ccc(C2NC(=O)CCN(C3CCOCC3)C2=O)cc1. The van der Waals surface area contributed by atoms with Crippen molar-refractivity contribution in [1.29, 1.82) is 0 Å². The first-order valence-electron chi connectivity index (χ1n) is 8.59. The van der Waals surface area contributed by atoms with Crippen molar-refractivity contribution in [1.82, 2.24) is 10.2 Å². The fourth-order valence-electron chi connectivity index (χ4n) is 3.30. The lowest BCUT2D eigenvalue weighted by atomic mass is 10.0. The molecule has 2 saturated heterocycles. The van der Waals surface area contributed by atoms with Crippen molar-refractivity contribution in [3.63, 3.8) is 0 Å². The zero-order valence-corrected chi connectivity index (χ0v) is 14.0. The third-order valence-corrected chi connectivity index (χ3v) is 4.57. The molecular weight excluding hydrogens is 308 g/mol. The normalized spacial score (nSPS) is 22.9. The number of hydrogen-bond acceptors (Lipinski definition) is 4. The number of nitrogens with zero attached hydrogens (tertiary/aromatic N) is 1. The van der Waals surface area contributed by atoms with E-state index in [9.17, 15) is 9.59 Å². The van der Waals surface area contributed by atoms with E-state index in [1.165, 1.54) is 0 Å². The summed E-state index contributed by atoms with van der Waals surface area (Å²) in [5.74, 6) is 0.642. The molecule has 0 aromatic heterocycles. The van der Waals surface area contributed by atoms with Crippen LogP contribution in [0.15, 0.2) is 24.3 Å². The van der Waals surface area contributed by atoms with Crippen LogP contribution in [0.2, 0.25) is 0 Å². The van der Waals surface area contributed by atoms with E-state index < -0.39 is 6.04 Å². The minimum atomic E-state index is -0.626. The van der Waals surface area contributed by atoms with Gasteiger partial charge in [0.25, 0.3) is 0 Å². The molecule has 0 bridgehead atoms. The van der Waals surface area contributed by atoms with Crippen LogP contribution in [-0.4, -0.2) is 49.1 Å². The lowest BCUT2D eigenvalue weighted by Crippen LogP contribution is -2.46. The largest absolute Gasteiger partial charge is 0.494 e. The van der Waals surface area contributed by atoms with Gasteiger partial charge in [0.1, 0.15) is 11.8 Å². The van der Waals surface area contributed by atoms with Gasteiger partial charge in [-0.25, -0.2) is 0 Å². The van der Waals surface area contributed by atoms with Gasteiger partial charge < -0.3 is 19.7 Å². The highest BCUT2D eigenvalue weighted by molar-refractivity contribution is 5.91. The van der Waals surface area contributed by atoms with Crippen LogP contribution < -0.4 is 10.1 Å². The highest BCUT2D eigenvalue weighted by atomic mass is 16.5. The van der Waals surface area contributed by atoms with Crippen LogP contribution in [0.1, 0.15) is 37.8 Å². The van der Waals surface area contributed by atoms with Gasteiger partial charge in [0.05, 0.1) is 6.61 Å². The molecule has 0 radical (unpaired) electrons. The number of ether oxygens (including phenoxy) is 2. The van der Waals surface area contributed by atoms with Gasteiger partial charge in [-0.1, -0.05) is 12.1 Å². The molecule has 0 spiro atoms. The Balaban J connectivity index is 1.81. The van der Waals surface area contributed by atoms with Crippen molar-refractivity contribution in [2.24, 2.45) is 0 Å². The fourth-order valence-corrected chi connectivity index (χ4v) is 3.30. The molecule has 1 N–H and O–H groups in total. The number of nitrogens with one attached hydrogen (secondary N) is 1. The highest BCUT2D eigenvalue weighted by Gasteiger charge is 2.35. The molecule has 1 atom stereocenters. The van der Waals surface area contributed by atoms with Crippen molar-refractivity contribution in [2.45, 2.75) is 38.3 Å². The van der Waals surface area contributed by atoms with Crippen LogP contribution in [0.5, 0.6) is 5.75 Å². The Hall–Kier alpha value is -2.08. The minimum Gasteiger partial charge on any atom is -0.494 e. The standard InChI is InChI=1S/C18H24N2O4/c1-2-24-15-5-3-13(4-6-15)17-18(22)20(10-7-16(21)19-17)14-8-11-23-12-9-14/h3-6,14,17H,2,7-12H2,1H3,(H,19,21). The van der Waals surface area contributed by atoms with Gasteiger partial charge >= 0.3 is 0 Å². The molecule has 2 aliphatic heterocycles. The summed E-state index contributed by atoms with van der Waals surface area (Å²) in [6.07, 6.45) is 2.00. The summed E-state index contributed by atoms with van der Waals surface area (Å²) in [4.78, 5) is 27.0. The second-order valence-corrected chi connectivity index (χ2v) is 6.13. The monoisotopic (exact) mass is 332 g/mol. The molecule has 6 nitrogen and oxygen atoms in total. The van der Waals surface area contributed by atoms with E-state index in [1.807, 2.05) is 36.1 Å². The first-order chi connectivity index (χ1) is 11.7. The first kappa shape index (κ1) is 16.8. The maximum absolute atomic E-state index is 13.0. The van der Waals surface area contributed by atoms with E-state index in [4.69, 9.17) is 9.47 Å². The molecule has 3 rings (SSSR count). The maximum Gasteiger partial charge on any atom is 0.250 e. The highest BCUT2D eigenvalue weighted by Crippen LogP contribution is 2.25. The van der Waals surface area contributed by atoms with Gasteiger partial charge in [-0.2, -0.15) is 0 Å². The second kappa shape index (κ2) is 7.66. The number of carbonyl (C=O) groups is 2. The molecule has 1 unspecified atom stereocenters. The van der Waals surface area contributed by atoms with Crippen LogP contribution in [0.3, 0.4) is 0 Å². The smallest absolute Gasteiger partial charge is 0.250 e. The predicted octanol–water partition coefficient (Wildman–Crippen LogP) is 1.65. The summed E-state index contributed by atoms with van der Waals surface area (Å²) in [5.41, 5.74) is 0.788. The summed E-state index contributed by atoms with van der Waals surface area (Å²) < 4.78 is 10.8. The topological polar surface area (TPSA) is 67.9 Å². The molecule has 6 heteroatoms. The van der Waals surface area contributed by atoms with Gasteiger partial charge in [-0.05, 0) is 37.5 Å². The lowest BCUT2D eigenvalue weighted by Gasteiger charge is -2.34. The van der Waals surface area contributed by atoms with Gasteiger partial charge in [0, 0.05) is 32.2 Å². The van der Waals surface area contributed by atoms with Crippen molar-refractivity contribution in [3.05, 3.63) is 29.8 Å². The number of benzene rings is 1. The van der Waals surface area contributed by atoms with E-state index in [1.54, 1.807) is 0 Å². The predicted molar refractivity (Wildman–Crippen MR) is 88.7 cm³/mol. The molecule has 1 aromatic rings. The minimum absolute atomic E-state index is 0.0306. The van der Waals surface area contributed by atoms with Crippen molar-refractivity contribution in [3.8, 4) is 5.75 Å². The molecule has 1 aromatic carbocycles. The summed E-state index contributed by atoms with van der Waals surface area (Å²) >= 11 is 0. The van der Waals surface area contributed by atoms with E-state index in [-0.39, 0.29) is 17.9 Å². The Labute approximate surface area is 142 Å². The number of amides is 2. The third kappa shape index (κ3) is 3.70. The zero-order chi connectivity index (χ0) is 16.9. The average molecular weight is 332 g/mol. The van der Waals surface area contributed by atoms with E-state index in [0.29, 0.717) is 32.8 Å². The summed E-state index contributed by atoms with van der Waals surface area (Å²) in [6, 6.07) is 6.90. The zero-order valence-electron chi connectivity index (χ0n) is 14.0. The van der Waals surface area contributed by atoms with Gasteiger partial charge in [0.2, 0.25) is 11.8 Å². The fraction of sp³-hybridized carbons (Fsp3) is 0.556. The number of rotatable bonds is 4. The Kier molecular flexibility index (Phi) is 5.35. The Morgan fingerprint density at radius 2 is 1.92 bits per heavy atom. The van der Waals surface area contributed by atoms with Crippen molar-refractivity contribution >= 4 is 11.8 Å². The Morgan fingerprint density at radius 1 is 1.21 bits per heavy atom. The van der Waals surface area contributed by atoms with E-state index in [2.05, 4.69) is 5.32 Å².